The zero-order valence-corrected chi connectivity index (χ0v) is 11.3. The number of aromatic hydroxyl groups is 3. The SMILES string of the molecule is COc1c(/C=C/C(=O)c2ccc(O)cc2)ccc(O)c1O. The standard InChI is InChI=1S/C16H14O5/c1-21-16-11(5-9-14(19)15(16)20)4-8-13(18)10-2-6-12(17)7-3-10/h2-9,17,19-20H,1H3/b8-4+. The van der Waals surface area contributed by atoms with Crippen LogP contribution in [0.25, 0.3) is 6.08 Å². The first-order valence-corrected chi connectivity index (χ1v) is 6.13. The predicted molar refractivity (Wildman–Crippen MR) is 77.8 cm³/mol. The molecular weight excluding hydrogens is 272 g/mol. The van der Waals surface area contributed by atoms with E-state index >= 15 is 0 Å². The molecule has 0 spiro atoms. The Hall–Kier alpha value is -2.95. The molecule has 0 saturated heterocycles. The fraction of sp³-hybridized carbons (Fsp3) is 0.0625. The van der Waals surface area contributed by atoms with Gasteiger partial charge in [0.25, 0.3) is 0 Å². The summed E-state index contributed by atoms with van der Waals surface area (Å²) in [6.45, 7) is 0. The third kappa shape index (κ3) is 3.14. The molecule has 0 aliphatic rings. The lowest BCUT2D eigenvalue weighted by molar-refractivity contribution is 0.104. The summed E-state index contributed by atoms with van der Waals surface area (Å²) in [7, 11) is 1.35. The summed E-state index contributed by atoms with van der Waals surface area (Å²) in [4.78, 5) is 12.0. The maximum absolute atomic E-state index is 12.0. The molecule has 0 saturated carbocycles. The summed E-state index contributed by atoms with van der Waals surface area (Å²) in [5.74, 6) is -0.763. The van der Waals surface area contributed by atoms with Crippen molar-refractivity contribution < 1.29 is 24.9 Å². The maximum atomic E-state index is 12.0. The van der Waals surface area contributed by atoms with E-state index in [2.05, 4.69) is 0 Å². The number of allylic oxidation sites excluding steroid dienone is 1. The molecule has 0 fully saturated rings. The van der Waals surface area contributed by atoms with E-state index in [0.29, 0.717) is 11.1 Å². The highest BCUT2D eigenvalue weighted by molar-refractivity contribution is 6.07. The maximum Gasteiger partial charge on any atom is 0.201 e. The topological polar surface area (TPSA) is 87.0 Å². The summed E-state index contributed by atoms with van der Waals surface area (Å²) >= 11 is 0. The van der Waals surface area contributed by atoms with Crippen LogP contribution in [0.15, 0.2) is 42.5 Å². The molecule has 2 aromatic rings. The molecule has 0 aliphatic heterocycles. The largest absolute Gasteiger partial charge is 0.508 e. The van der Waals surface area contributed by atoms with Crippen LogP contribution >= 0.6 is 0 Å². The highest BCUT2D eigenvalue weighted by Crippen LogP contribution is 2.38. The van der Waals surface area contributed by atoms with Gasteiger partial charge >= 0.3 is 0 Å². The molecule has 0 aromatic heterocycles. The van der Waals surface area contributed by atoms with E-state index in [1.807, 2.05) is 0 Å². The zero-order valence-electron chi connectivity index (χ0n) is 11.3. The molecule has 2 rings (SSSR count). The highest BCUT2D eigenvalue weighted by atomic mass is 16.5. The molecule has 108 valence electrons. The number of rotatable bonds is 4. The number of hydrogen-bond acceptors (Lipinski definition) is 5. The predicted octanol–water partition coefficient (Wildman–Crippen LogP) is 2.71. The lowest BCUT2D eigenvalue weighted by Crippen LogP contribution is -1.94. The van der Waals surface area contributed by atoms with Gasteiger partial charge in [-0.05, 0) is 48.6 Å². The second-order valence-electron chi connectivity index (χ2n) is 4.30. The van der Waals surface area contributed by atoms with Gasteiger partial charge < -0.3 is 20.1 Å². The molecule has 0 radical (unpaired) electrons. The van der Waals surface area contributed by atoms with Crippen molar-refractivity contribution in [3.63, 3.8) is 0 Å². The van der Waals surface area contributed by atoms with Crippen LogP contribution < -0.4 is 4.74 Å². The highest BCUT2D eigenvalue weighted by Gasteiger charge is 2.11. The number of ketones is 1. The van der Waals surface area contributed by atoms with Gasteiger partial charge in [0.1, 0.15) is 5.75 Å². The Balaban J connectivity index is 2.27. The average Bonchev–Trinajstić information content (AvgIpc) is 2.49. The van der Waals surface area contributed by atoms with Crippen molar-refractivity contribution >= 4 is 11.9 Å². The van der Waals surface area contributed by atoms with Gasteiger partial charge in [0, 0.05) is 11.1 Å². The lowest BCUT2D eigenvalue weighted by Gasteiger charge is -2.08. The van der Waals surface area contributed by atoms with Gasteiger partial charge in [0.2, 0.25) is 5.75 Å². The minimum absolute atomic E-state index is 0.0839. The average molecular weight is 286 g/mol. The van der Waals surface area contributed by atoms with Crippen molar-refractivity contribution in [2.75, 3.05) is 7.11 Å². The minimum Gasteiger partial charge on any atom is -0.508 e. The van der Waals surface area contributed by atoms with E-state index in [9.17, 15) is 20.1 Å². The molecule has 0 heterocycles. The molecule has 3 N–H and O–H groups in total. The molecule has 0 atom stereocenters. The van der Waals surface area contributed by atoms with E-state index in [-0.39, 0.29) is 28.8 Å². The molecule has 0 amide bonds. The summed E-state index contributed by atoms with van der Waals surface area (Å²) in [5.41, 5.74) is 0.881. The van der Waals surface area contributed by atoms with Crippen LogP contribution in [0.1, 0.15) is 15.9 Å². The fourth-order valence-electron chi connectivity index (χ4n) is 1.81. The second-order valence-corrected chi connectivity index (χ2v) is 4.30. The molecule has 5 nitrogen and oxygen atoms in total. The van der Waals surface area contributed by atoms with Gasteiger partial charge in [0.15, 0.2) is 17.3 Å². The van der Waals surface area contributed by atoms with E-state index in [0.717, 1.165) is 0 Å². The molecule has 0 bridgehead atoms. The van der Waals surface area contributed by atoms with Crippen molar-refractivity contribution in [1.82, 2.24) is 0 Å². The van der Waals surface area contributed by atoms with Crippen molar-refractivity contribution in [2.45, 2.75) is 0 Å². The van der Waals surface area contributed by atoms with Crippen LogP contribution in [0.5, 0.6) is 23.0 Å². The van der Waals surface area contributed by atoms with E-state index < -0.39 is 0 Å². The van der Waals surface area contributed by atoms with Gasteiger partial charge in [-0.1, -0.05) is 0 Å². The molecule has 0 unspecified atom stereocenters. The first kappa shape index (κ1) is 14.5. The Kier molecular flexibility index (Phi) is 4.13. The number of methoxy groups -OCH3 is 1. The Morgan fingerprint density at radius 1 is 1.05 bits per heavy atom. The fourth-order valence-corrected chi connectivity index (χ4v) is 1.81. The summed E-state index contributed by atoms with van der Waals surface area (Å²) < 4.78 is 5.01. The van der Waals surface area contributed by atoms with Crippen molar-refractivity contribution in [2.24, 2.45) is 0 Å². The Morgan fingerprint density at radius 3 is 2.33 bits per heavy atom. The first-order chi connectivity index (χ1) is 10.0. The normalized spacial score (nSPS) is 10.7. The number of carbonyl (C=O) groups is 1. The molecule has 0 aliphatic carbocycles. The number of phenols is 3. The number of hydrogen-bond donors (Lipinski definition) is 3. The number of carbonyl (C=O) groups excluding carboxylic acids is 1. The Morgan fingerprint density at radius 2 is 1.71 bits per heavy atom. The van der Waals surface area contributed by atoms with Gasteiger partial charge in [-0.15, -0.1) is 0 Å². The van der Waals surface area contributed by atoms with Gasteiger partial charge in [0.05, 0.1) is 7.11 Å². The van der Waals surface area contributed by atoms with E-state index in [1.54, 1.807) is 0 Å². The smallest absolute Gasteiger partial charge is 0.201 e. The number of benzene rings is 2. The monoisotopic (exact) mass is 286 g/mol. The van der Waals surface area contributed by atoms with Crippen LogP contribution in [0.2, 0.25) is 0 Å². The van der Waals surface area contributed by atoms with E-state index in [1.165, 1.54) is 55.7 Å². The van der Waals surface area contributed by atoms with Gasteiger partial charge in [-0.3, -0.25) is 4.79 Å². The van der Waals surface area contributed by atoms with Crippen LogP contribution in [0.4, 0.5) is 0 Å². The summed E-state index contributed by atoms with van der Waals surface area (Å²) in [6.07, 6.45) is 2.80. The van der Waals surface area contributed by atoms with Crippen LogP contribution in [0, 0.1) is 0 Å². The van der Waals surface area contributed by atoms with E-state index in [4.69, 9.17) is 4.74 Å². The quantitative estimate of drug-likeness (QED) is 0.457. The van der Waals surface area contributed by atoms with Crippen LogP contribution in [-0.4, -0.2) is 28.2 Å². The van der Waals surface area contributed by atoms with Gasteiger partial charge in [-0.2, -0.15) is 0 Å². The lowest BCUT2D eigenvalue weighted by atomic mass is 10.1. The molecule has 21 heavy (non-hydrogen) atoms. The minimum atomic E-state index is -0.378. The molecule has 2 aromatic carbocycles. The molecular formula is C16H14O5. The number of phenolic OH excluding ortho intramolecular Hbond substituents is 3. The second kappa shape index (κ2) is 6.00. The Bertz CT molecular complexity index is 687. The number of ether oxygens (including phenoxy) is 1. The summed E-state index contributed by atoms with van der Waals surface area (Å²) in [5, 5.41) is 28.2. The van der Waals surface area contributed by atoms with Crippen molar-refractivity contribution in [1.29, 1.82) is 0 Å². The van der Waals surface area contributed by atoms with Gasteiger partial charge in [-0.25, -0.2) is 0 Å². The summed E-state index contributed by atoms with van der Waals surface area (Å²) in [6, 6.07) is 8.69. The molecule has 5 heteroatoms. The van der Waals surface area contributed by atoms with Crippen LogP contribution in [-0.2, 0) is 0 Å². The Labute approximate surface area is 121 Å². The third-order valence-corrected chi connectivity index (χ3v) is 2.91. The van der Waals surface area contributed by atoms with Crippen LogP contribution in [0.3, 0.4) is 0 Å². The van der Waals surface area contributed by atoms with Crippen molar-refractivity contribution in [3.8, 4) is 23.0 Å². The van der Waals surface area contributed by atoms with Crippen molar-refractivity contribution in [3.05, 3.63) is 53.6 Å². The first-order valence-electron chi connectivity index (χ1n) is 6.13. The zero-order chi connectivity index (χ0) is 15.4. The third-order valence-electron chi connectivity index (χ3n) is 2.91.